The molecule has 0 bridgehead atoms. The Bertz CT molecular complexity index is 570. The highest BCUT2D eigenvalue weighted by Crippen LogP contribution is 2.19. The summed E-state index contributed by atoms with van der Waals surface area (Å²) in [5, 5.41) is 0. The van der Waals surface area contributed by atoms with Gasteiger partial charge in [-0.3, -0.25) is 4.79 Å². The molecule has 0 aromatic heterocycles. The molecule has 1 amide bonds. The first-order chi connectivity index (χ1) is 9.72. The van der Waals surface area contributed by atoms with Crippen LogP contribution in [-0.2, 0) is 11.3 Å². The molecule has 0 saturated heterocycles. The Labute approximate surface area is 118 Å². The second kappa shape index (κ2) is 6.73. The van der Waals surface area contributed by atoms with Crippen molar-refractivity contribution < 1.29 is 9.53 Å². The maximum absolute atomic E-state index is 12.1. The molecule has 2 rings (SSSR count). The van der Waals surface area contributed by atoms with Crippen LogP contribution in [0.3, 0.4) is 0 Å². The lowest BCUT2D eigenvalue weighted by Crippen LogP contribution is -2.32. The zero-order valence-corrected chi connectivity index (χ0v) is 11.5. The van der Waals surface area contributed by atoms with E-state index in [-0.39, 0.29) is 12.5 Å². The molecular formula is C16H18N2O2. The van der Waals surface area contributed by atoms with Gasteiger partial charge in [0.15, 0.2) is 6.61 Å². The number of carbonyl (C=O) groups is 1. The second-order valence-corrected chi connectivity index (χ2v) is 4.39. The number of likely N-dealkylation sites (N-methyl/N-ethyl adjacent to an activating group) is 1. The van der Waals surface area contributed by atoms with Gasteiger partial charge in [0.2, 0.25) is 0 Å². The van der Waals surface area contributed by atoms with Gasteiger partial charge in [-0.05, 0) is 23.8 Å². The van der Waals surface area contributed by atoms with Gasteiger partial charge in [-0.1, -0.05) is 36.4 Å². The van der Waals surface area contributed by atoms with E-state index in [9.17, 15) is 4.79 Å². The molecule has 104 valence electrons. The number of nitrogens with zero attached hydrogens (tertiary/aromatic N) is 1. The van der Waals surface area contributed by atoms with E-state index in [1.807, 2.05) is 54.6 Å². The Hall–Kier alpha value is -2.33. The average molecular weight is 270 g/mol. The van der Waals surface area contributed by atoms with Crippen LogP contribution < -0.4 is 15.4 Å². The SMILES string of the molecule is CN(C(=O)COc1ccccc1)c1ccccc1CN. The molecule has 0 heterocycles. The smallest absolute Gasteiger partial charge is 0.264 e. The molecule has 0 radical (unpaired) electrons. The van der Waals surface area contributed by atoms with Crippen LogP contribution in [0.25, 0.3) is 0 Å². The van der Waals surface area contributed by atoms with Gasteiger partial charge in [0.25, 0.3) is 5.91 Å². The van der Waals surface area contributed by atoms with E-state index in [2.05, 4.69) is 0 Å². The van der Waals surface area contributed by atoms with Gasteiger partial charge in [0.1, 0.15) is 5.75 Å². The number of ether oxygens (including phenoxy) is 1. The molecule has 0 aliphatic rings. The molecule has 0 atom stereocenters. The summed E-state index contributed by atoms with van der Waals surface area (Å²) < 4.78 is 5.46. The molecule has 0 unspecified atom stereocenters. The van der Waals surface area contributed by atoms with E-state index in [0.29, 0.717) is 12.3 Å². The van der Waals surface area contributed by atoms with Gasteiger partial charge in [0, 0.05) is 19.3 Å². The summed E-state index contributed by atoms with van der Waals surface area (Å²) in [5.74, 6) is 0.566. The summed E-state index contributed by atoms with van der Waals surface area (Å²) in [6.07, 6.45) is 0. The van der Waals surface area contributed by atoms with Crippen molar-refractivity contribution in [2.75, 3.05) is 18.6 Å². The predicted octanol–water partition coefficient (Wildman–Crippen LogP) is 2.19. The summed E-state index contributed by atoms with van der Waals surface area (Å²) in [7, 11) is 1.73. The standard InChI is InChI=1S/C16H18N2O2/c1-18(15-10-6-5-7-13(15)11-17)16(19)12-20-14-8-3-2-4-9-14/h2-10H,11-12,17H2,1H3. The molecule has 2 aromatic rings. The third-order valence-electron chi connectivity index (χ3n) is 3.05. The molecular weight excluding hydrogens is 252 g/mol. The molecule has 0 saturated carbocycles. The number of carbonyl (C=O) groups excluding carboxylic acids is 1. The highest BCUT2D eigenvalue weighted by Gasteiger charge is 2.14. The van der Waals surface area contributed by atoms with Gasteiger partial charge in [0.05, 0.1) is 0 Å². The highest BCUT2D eigenvalue weighted by molar-refractivity contribution is 5.94. The molecule has 2 aromatic carbocycles. The van der Waals surface area contributed by atoms with Gasteiger partial charge in [-0.2, -0.15) is 0 Å². The summed E-state index contributed by atoms with van der Waals surface area (Å²) in [6.45, 7) is 0.396. The number of amides is 1. The molecule has 0 spiro atoms. The van der Waals surface area contributed by atoms with Crippen molar-refractivity contribution >= 4 is 11.6 Å². The second-order valence-electron chi connectivity index (χ2n) is 4.39. The van der Waals surface area contributed by atoms with Gasteiger partial charge < -0.3 is 15.4 Å². The monoisotopic (exact) mass is 270 g/mol. The largest absolute Gasteiger partial charge is 0.484 e. The van der Waals surface area contributed by atoms with Crippen molar-refractivity contribution in [2.24, 2.45) is 5.73 Å². The van der Waals surface area contributed by atoms with E-state index in [1.54, 1.807) is 11.9 Å². The Morgan fingerprint density at radius 3 is 2.45 bits per heavy atom. The summed E-state index contributed by atoms with van der Waals surface area (Å²) in [5.41, 5.74) is 7.43. The zero-order valence-electron chi connectivity index (χ0n) is 11.5. The van der Waals surface area contributed by atoms with Crippen molar-refractivity contribution in [1.29, 1.82) is 0 Å². The molecule has 4 nitrogen and oxygen atoms in total. The van der Waals surface area contributed by atoms with Crippen LogP contribution in [0, 0.1) is 0 Å². The van der Waals surface area contributed by atoms with Crippen molar-refractivity contribution in [2.45, 2.75) is 6.54 Å². The number of hydrogen-bond donors (Lipinski definition) is 1. The van der Waals surface area contributed by atoms with E-state index in [0.717, 1.165) is 11.3 Å². The first kappa shape index (κ1) is 14.1. The van der Waals surface area contributed by atoms with E-state index < -0.39 is 0 Å². The van der Waals surface area contributed by atoms with Crippen LogP contribution in [0.4, 0.5) is 5.69 Å². The third-order valence-corrected chi connectivity index (χ3v) is 3.05. The first-order valence-electron chi connectivity index (χ1n) is 6.44. The zero-order chi connectivity index (χ0) is 14.4. The summed E-state index contributed by atoms with van der Waals surface area (Å²) in [6, 6.07) is 16.9. The third kappa shape index (κ3) is 3.36. The summed E-state index contributed by atoms with van der Waals surface area (Å²) in [4.78, 5) is 13.7. The maximum atomic E-state index is 12.1. The van der Waals surface area contributed by atoms with Crippen molar-refractivity contribution in [1.82, 2.24) is 0 Å². The lowest BCUT2D eigenvalue weighted by Gasteiger charge is -2.20. The van der Waals surface area contributed by atoms with Crippen LogP contribution >= 0.6 is 0 Å². The maximum Gasteiger partial charge on any atom is 0.264 e. The van der Waals surface area contributed by atoms with Crippen molar-refractivity contribution in [3.8, 4) is 5.75 Å². The predicted molar refractivity (Wildman–Crippen MR) is 79.7 cm³/mol. The Morgan fingerprint density at radius 1 is 1.10 bits per heavy atom. The molecule has 0 aliphatic heterocycles. The number of para-hydroxylation sites is 2. The van der Waals surface area contributed by atoms with Crippen LogP contribution in [0.1, 0.15) is 5.56 Å². The minimum absolute atomic E-state index is 0.000576. The Morgan fingerprint density at radius 2 is 1.75 bits per heavy atom. The fourth-order valence-electron chi connectivity index (χ4n) is 1.90. The van der Waals surface area contributed by atoms with Gasteiger partial charge in [-0.25, -0.2) is 0 Å². The highest BCUT2D eigenvalue weighted by atomic mass is 16.5. The van der Waals surface area contributed by atoms with Crippen LogP contribution in [0.5, 0.6) is 5.75 Å². The van der Waals surface area contributed by atoms with Crippen LogP contribution in [-0.4, -0.2) is 19.6 Å². The van der Waals surface area contributed by atoms with Gasteiger partial charge >= 0.3 is 0 Å². The number of nitrogens with two attached hydrogens (primary N) is 1. The molecule has 0 fully saturated rings. The number of benzene rings is 2. The van der Waals surface area contributed by atoms with Gasteiger partial charge in [-0.15, -0.1) is 0 Å². The summed E-state index contributed by atoms with van der Waals surface area (Å²) >= 11 is 0. The topological polar surface area (TPSA) is 55.6 Å². The van der Waals surface area contributed by atoms with Crippen molar-refractivity contribution in [3.05, 3.63) is 60.2 Å². The number of rotatable bonds is 5. The lowest BCUT2D eigenvalue weighted by atomic mass is 10.1. The average Bonchev–Trinajstić information content (AvgIpc) is 2.52. The fourth-order valence-corrected chi connectivity index (χ4v) is 1.90. The molecule has 0 aliphatic carbocycles. The first-order valence-corrected chi connectivity index (χ1v) is 6.44. The van der Waals surface area contributed by atoms with Crippen molar-refractivity contribution in [3.63, 3.8) is 0 Å². The quantitative estimate of drug-likeness (QED) is 0.906. The van der Waals surface area contributed by atoms with E-state index >= 15 is 0 Å². The molecule has 20 heavy (non-hydrogen) atoms. The lowest BCUT2D eigenvalue weighted by molar-refractivity contribution is -0.120. The van der Waals surface area contributed by atoms with Crippen LogP contribution in [0.2, 0.25) is 0 Å². The minimum Gasteiger partial charge on any atom is -0.484 e. The molecule has 2 N–H and O–H groups in total. The molecule has 4 heteroatoms. The number of anilines is 1. The van der Waals surface area contributed by atoms with Crippen LogP contribution in [0.15, 0.2) is 54.6 Å². The van der Waals surface area contributed by atoms with E-state index in [4.69, 9.17) is 10.5 Å². The minimum atomic E-state index is -0.116. The normalized spacial score (nSPS) is 10.1. The fraction of sp³-hybridized carbons (Fsp3) is 0.188. The Kier molecular flexibility index (Phi) is 4.74. The Balaban J connectivity index is 2.02. The van der Waals surface area contributed by atoms with E-state index in [1.165, 1.54) is 0 Å². The number of hydrogen-bond acceptors (Lipinski definition) is 3.